The number of hydrogen-bond donors (Lipinski definition) is 0. The van der Waals surface area contributed by atoms with Crippen molar-refractivity contribution in [1.82, 2.24) is 0 Å². The predicted octanol–water partition coefficient (Wildman–Crippen LogP) is 4.49. The molecule has 0 spiro atoms. The fourth-order valence-electron chi connectivity index (χ4n) is 2.94. The number of hydrogen-bond acceptors (Lipinski definition) is 4. The third kappa shape index (κ3) is 15.5. The Bertz CT molecular complexity index is 356. The van der Waals surface area contributed by atoms with Crippen molar-refractivity contribution < 1.29 is 19.5 Å². The van der Waals surface area contributed by atoms with E-state index in [0.717, 1.165) is 6.92 Å². The second kappa shape index (κ2) is 17.6. The number of ketones is 2. The summed E-state index contributed by atoms with van der Waals surface area (Å²) in [5, 5.41) is 9.62. The van der Waals surface area contributed by atoms with Gasteiger partial charge in [-0.05, 0) is 32.6 Å². The fourth-order valence-corrected chi connectivity index (χ4v) is 8.23. The van der Waals surface area contributed by atoms with Gasteiger partial charge in [0.25, 0.3) is 0 Å². The zero-order valence-electron chi connectivity index (χ0n) is 17.8. The van der Waals surface area contributed by atoms with Gasteiger partial charge in [0.1, 0.15) is 11.8 Å². The summed E-state index contributed by atoms with van der Waals surface area (Å²) >= 11 is 0. The number of carbonyl (C=O) groups is 3. The van der Waals surface area contributed by atoms with E-state index in [9.17, 15) is 19.5 Å². The summed E-state index contributed by atoms with van der Waals surface area (Å²) in [4.78, 5) is 29.7. The van der Waals surface area contributed by atoms with E-state index in [2.05, 4.69) is 27.7 Å². The SMILES string of the molecule is CC(=O)CC(=O)C(=O)[O-].CCCC[P+](CCCC)(CCCC)CCCC. The van der Waals surface area contributed by atoms with Crippen LogP contribution in [0.2, 0.25) is 0 Å². The molecule has 0 radical (unpaired) electrons. The number of carboxylic acid groups (broad SMARTS) is 1. The first-order valence-electron chi connectivity index (χ1n) is 10.4. The van der Waals surface area contributed by atoms with Crippen LogP contribution in [0.25, 0.3) is 0 Å². The molecule has 154 valence electrons. The normalized spacial score (nSPS) is 10.8. The number of unbranched alkanes of at least 4 members (excludes halogenated alkanes) is 4. The molecule has 0 unspecified atom stereocenters. The second-order valence-electron chi connectivity index (χ2n) is 7.24. The van der Waals surface area contributed by atoms with Crippen molar-refractivity contribution in [2.45, 2.75) is 92.4 Å². The quantitative estimate of drug-likeness (QED) is 0.235. The highest BCUT2D eigenvalue weighted by Crippen LogP contribution is 2.61. The summed E-state index contributed by atoms with van der Waals surface area (Å²) in [6.07, 6.45) is 17.4. The molecule has 0 saturated carbocycles. The molecule has 5 heteroatoms. The first kappa shape index (κ1) is 27.5. The zero-order chi connectivity index (χ0) is 20.4. The maximum absolute atomic E-state index is 10.1. The highest BCUT2D eigenvalue weighted by Gasteiger charge is 2.34. The predicted molar refractivity (Wildman–Crippen MR) is 111 cm³/mol. The molecular weight excluding hydrogens is 347 g/mol. The second-order valence-corrected chi connectivity index (χ2v) is 11.7. The van der Waals surface area contributed by atoms with Crippen molar-refractivity contribution >= 4 is 24.8 Å². The lowest BCUT2D eigenvalue weighted by atomic mass is 10.2. The number of carboxylic acids is 1. The number of aliphatic carboxylic acids is 1. The van der Waals surface area contributed by atoms with Gasteiger partial charge in [-0.15, -0.1) is 0 Å². The van der Waals surface area contributed by atoms with Crippen LogP contribution in [0.5, 0.6) is 0 Å². The summed E-state index contributed by atoms with van der Waals surface area (Å²) in [6.45, 7) is 10.6. The number of carbonyl (C=O) groups excluding carboxylic acids is 3. The summed E-state index contributed by atoms with van der Waals surface area (Å²) in [7, 11) is -0.562. The van der Waals surface area contributed by atoms with Crippen LogP contribution in [0.3, 0.4) is 0 Å². The van der Waals surface area contributed by atoms with Crippen molar-refractivity contribution in [3.63, 3.8) is 0 Å². The maximum Gasteiger partial charge on any atom is 0.185 e. The molecule has 0 atom stereocenters. The monoisotopic (exact) mass is 388 g/mol. The van der Waals surface area contributed by atoms with Gasteiger partial charge >= 0.3 is 0 Å². The molecule has 0 amide bonds. The fraction of sp³-hybridized carbons (Fsp3) is 0.857. The van der Waals surface area contributed by atoms with E-state index in [1.165, 1.54) is 51.4 Å². The summed E-state index contributed by atoms with van der Waals surface area (Å²) in [6, 6.07) is 0. The Labute approximate surface area is 161 Å². The minimum absolute atomic E-state index is 0.468. The molecular formula is C21H41O4P. The molecule has 0 aliphatic heterocycles. The lowest BCUT2D eigenvalue weighted by Gasteiger charge is -2.28. The molecule has 0 bridgehead atoms. The van der Waals surface area contributed by atoms with Crippen molar-refractivity contribution in [2.24, 2.45) is 0 Å². The molecule has 0 rings (SSSR count). The molecule has 0 aromatic carbocycles. The van der Waals surface area contributed by atoms with Crippen molar-refractivity contribution in [1.29, 1.82) is 0 Å². The van der Waals surface area contributed by atoms with Gasteiger partial charge < -0.3 is 9.90 Å². The highest BCUT2D eigenvalue weighted by molar-refractivity contribution is 7.75. The van der Waals surface area contributed by atoms with Crippen molar-refractivity contribution in [2.75, 3.05) is 24.6 Å². The van der Waals surface area contributed by atoms with Crippen LogP contribution in [0.4, 0.5) is 0 Å². The Morgan fingerprint density at radius 3 is 1.15 bits per heavy atom. The first-order chi connectivity index (χ1) is 12.3. The minimum Gasteiger partial charge on any atom is -0.542 e. The molecule has 0 aliphatic carbocycles. The van der Waals surface area contributed by atoms with E-state index in [4.69, 9.17) is 0 Å². The van der Waals surface area contributed by atoms with Crippen LogP contribution in [0, 0.1) is 0 Å². The largest absolute Gasteiger partial charge is 0.542 e. The lowest BCUT2D eigenvalue weighted by Crippen LogP contribution is -2.32. The maximum atomic E-state index is 10.1. The van der Waals surface area contributed by atoms with Crippen molar-refractivity contribution in [3.8, 4) is 0 Å². The van der Waals surface area contributed by atoms with Crippen LogP contribution < -0.4 is 5.11 Å². The molecule has 0 fully saturated rings. The lowest BCUT2D eigenvalue weighted by molar-refractivity contribution is -0.300. The standard InChI is InChI=1S/C16H36P.C5H6O4/c1-5-9-13-17(14-10-6-2,15-11-7-3)16-12-8-4;1-3(6)2-4(7)5(8)9/h5-16H2,1-4H3;2H2,1H3,(H,8,9)/q+1;/p-1. The van der Waals surface area contributed by atoms with Gasteiger partial charge in [-0.1, -0.05) is 53.4 Å². The topological polar surface area (TPSA) is 74.3 Å². The third-order valence-electron chi connectivity index (χ3n) is 4.58. The van der Waals surface area contributed by atoms with E-state index in [0.29, 0.717) is 0 Å². The van der Waals surface area contributed by atoms with E-state index < -0.39 is 31.2 Å². The highest BCUT2D eigenvalue weighted by atomic mass is 31.2. The molecule has 4 nitrogen and oxygen atoms in total. The van der Waals surface area contributed by atoms with E-state index in [1.807, 2.05) is 0 Å². The van der Waals surface area contributed by atoms with Gasteiger partial charge in [-0.25, -0.2) is 0 Å². The van der Waals surface area contributed by atoms with E-state index in [-0.39, 0.29) is 0 Å². The third-order valence-corrected chi connectivity index (χ3v) is 9.64. The van der Waals surface area contributed by atoms with Gasteiger partial charge in [-0.3, -0.25) is 9.59 Å². The molecule has 0 heterocycles. The molecule has 0 aromatic rings. The first-order valence-corrected chi connectivity index (χ1v) is 12.9. The van der Waals surface area contributed by atoms with Crippen LogP contribution in [-0.4, -0.2) is 42.2 Å². The van der Waals surface area contributed by atoms with Crippen molar-refractivity contribution in [3.05, 3.63) is 0 Å². The van der Waals surface area contributed by atoms with E-state index >= 15 is 0 Å². The Morgan fingerprint density at radius 1 is 0.692 bits per heavy atom. The molecule has 26 heavy (non-hydrogen) atoms. The van der Waals surface area contributed by atoms with E-state index in [1.54, 1.807) is 24.6 Å². The Hall–Kier alpha value is -0.760. The van der Waals surface area contributed by atoms with Crippen LogP contribution in [0.1, 0.15) is 92.4 Å². The Kier molecular flexibility index (Phi) is 18.6. The Balaban J connectivity index is 0. The smallest absolute Gasteiger partial charge is 0.185 e. The van der Waals surface area contributed by atoms with Crippen LogP contribution >= 0.6 is 7.26 Å². The molecule has 0 aromatic heterocycles. The van der Waals surface area contributed by atoms with Gasteiger partial charge in [-0.2, -0.15) is 0 Å². The van der Waals surface area contributed by atoms with Crippen LogP contribution in [-0.2, 0) is 14.4 Å². The van der Waals surface area contributed by atoms with Gasteiger partial charge in [0, 0.05) is 7.26 Å². The minimum atomic E-state index is -1.80. The number of Topliss-reactive ketones (excluding diaryl/α,β-unsaturated/α-hetero) is 2. The number of rotatable bonds is 15. The van der Waals surface area contributed by atoms with Gasteiger partial charge in [0.2, 0.25) is 0 Å². The average molecular weight is 389 g/mol. The summed E-state index contributed by atoms with van der Waals surface area (Å²) < 4.78 is 0. The molecule has 0 aliphatic rings. The van der Waals surface area contributed by atoms with Gasteiger partial charge in [0.15, 0.2) is 5.78 Å². The average Bonchev–Trinajstić information content (AvgIpc) is 2.60. The summed E-state index contributed by atoms with van der Waals surface area (Å²) in [5.41, 5.74) is 0. The molecule has 0 saturated heterocycles. The Morgan fingerprint density at radius 2 is 1.00 bits per heavy atom. The van der Waals surface area contributed by atoms with Gasteiger partial charge in [0.05, 0.1) is 31.1 Å². The van der Waals surface area contributed by atoms with Crippen LogP contribution in [0.15, 0.2) is 0 Å². The molecule has 0 N–H and O–H groups in total. The summed E-state index contributed by atoms with van der Waals surface area (Å²) in [5.74, 6) is -3.43. The zero-order valence-corrected chi connectivity index (χ0v) is 18.7.